The van der Waals surface area contributed by atoms with E-state index in [1.165, 1.54) is 36.4 Å². The number of anilines is 1. The van der Waals surface area contributed by atoms with Crippen molar-refractivity contribution >= 4 is 23.3 Å². The average Bonchev–Trinajstić information content (AvgIpc) is 3.28. The first-order valence-corrected chi connectivity index (χ1v) is 11.5. The van der Waals surface area contributed by atoms with Crippen LogP contribution in [0.5, 0.6) is 5.75 Å². The molecule has 8 nitrogen and oxygen atoms in total. The second-order valence-electron chi connectivity index (χ2n) is 9.50. The lowest BCUT2D eigenvalue weighted by atomic mass is 9.87. The van der Waals surface area contributed by atoms with Gasteiger partial charge in [0.15, 0.2) is 11.5 Å². The fraction of sp³-hybridized carbons (Fsp3) is 0.231. The van der Waals surface area contributed by atoms with E-state index in [1.807, 2.05) is 20.8 Å². The summed E-state index contributed by atoms with van der Waals surface area (Å²) in [5.41, 5.74) is 0.881. The molecular formula is C26H20F6N4O4. The van der Waals surface area contributed by atoms with Crippen molar-refractivity contribution in [3.05, 3.63) is 78.0 Å². The third-order valence-electron chi connectivity index (χ3n) is 5.47. The zero-order valence-electron chi connectivity index (χ0n) is 21.0. The highest BCUT2D eigenvalue weighted by Crippen LogP contribution is 2.29. The molecule has 2 heterocycles. The van der Waals surface area contributed by atoms with Crippen LogP contribution in [0.3, 0.4) is 0 Å². The number of fused-ring (bicyclic) bond motifs is 1. The van der Waals surface area contributed by atoms with E-state index in [0.29, 0.717) is 0 Å². The van der Waals surface area contributed by atoms with E-state index in [-0.39, 0.29) is 32.9 Å². The van der Waals surface area contributed by atoms with Crippen LogP contribution in [0.2, 0.25) is 0 Å². The van der Waals surface area contributed by atoms with Gasteiger partial charge in [0, 0.05) is 11.1 Å². The molecule has 0 aliphatic heterocycles. The topological polar surface area (TPSA) is 86.0 Å². The highest BCUT2D eigenvalue weighted by atomic mass is 19.4. The van der Waals surface area contributed by atoms with Crippen molar-refractivity contribution in [2.75, 3.05) is 5.06 Å². The molecule has 0 fully saturated rings. The highest BCUT2D eigenvalue weighted by Gasteiger charge is 2.44. The molecule has 0 N–H and O–H groups in total. The minimum Gasteiger partial charge on any atom is -0.406 e. The Bertz CT molecular complexity index is 1560. The van der Waals surface area contributed by atoms with Crippen molar-refractivity contribution in [2.24, 2.45) is 0 Å². The molecule has 1 amide bonds. The second kappa shape index (κ2) is 10.2. The van der Waals surface area contributed by atoms with Gasteiger partial charge < -0.3 is 9.57 Å². The van der Waals surface area contributed by atoms with Crippen LogP contribution in [0, 0.1) is 0 Å². The Kier molecular flexibility index (Phi) is 7.22. The molecule has 0 unspecified atom stereocenters. The van der Waals surface area contributed by atoms with E-state index in [9.17, 15) is 35.9 Å². The average molecular weight is 566 g/mol. The van der Waals surface area contributed by atoms with Gasteiger partial charge in [-0.1, -0.05) is 45.0 Å². The van der Waals surface area contributed by atoms with Gasteiger partial charge in [0.05, 0.1) is 11.9 Å². The molecule has 40 heavy (non-hydrogen) atoms. The summed E-state index contributed by atoms with van der Waals surface area (Å²) in [6, 6.07) is 13.7. The molecule has 0 aliphatic carbocycles. The second-order valence-corrected chi connectivity index (χ2v) is 9.50. The fourth-order valence-electron chi connectivity index (χ4n) is 3.53. The number of alkyl halides is 6. The Morgan fingerprint density at radius 3 is 2.17 bits per heavy atom. The lowest BCUT2D eigenvalue weighted by Crippen LogP contribution is -2.39. The Morgan fingerprint density at radius 2 is 1.57 bits per heavy atom. The van der Waals surface area contributed by atoms with Crippen molar-refractivity contribution in [1.82, 2.24) is 14.6 Å². The van der Waals surface area contributed by atoms with Crippen LogP contribution >= 0.6 is 0 Å². The minimum atomic E-state index is -5.41. The number of rotatable bonds is 4. The first-order chi connectivity index (χ1) is 18.5. The predicted octanol–water partition coefficient (Wildman–Crippen LogP) is 6.26. The Hall–Kier alpha value is -4.62. The Morgan fingerprint density at radius 1 is 0.900 bits per heavy atom. The molecule has 0 bridgehead atoms. The summed E-state index contributed by atoms with van der Waals surface area (Å²) in [5, 5.41) is 4.31. The van der Waals surface area contributed by atoms with Crippen LogP contribution in [0.1, 0.15) is 36.7 Å². The van der Waals surface area contributed by atoms with Crippen molar-refractivity contribution in [1.29, 1.82) is 0 Å². The summed E-state index contributed by atoms with van der Waals surface area (Å²) >= 11 is 0. The van der Waals surface area contributed by atoms with E-state index < -0.39 is 36.0 Å². The fourth-order valence-corrected chi connectivity index (χ4v) is 3.53. The predicted molar refractivity (Wildman–Crippen MR) is 129 cm³/mol. The molecule has 0 spiro atoms. The third-order valence-corrected chi connectivity index (χ3v) is 5.47. The number of hydroxylamine groups is 1. The van der Waals surface area contributed by atoms with E-state index >= 15 is 0 Å². The van der Waals surface area contributed by atoms with Crippen molar-refractivity contribution < 1.29 is 45.5 Å². The van der Waals surface area contributed by atoms with Crippen LogP contribution in [0.25, 0.3) is 16.9 Å². The van der Waals surface area contributed by atoms with Crippen LogP contribution in [0.4, 0.5) is 32.2 Å². The first kappa shape index (κ1) is 28.4. The molecule has 0 radical (unpaired) electrons. The summed E-state index contributed by atoms with van der Waals surface area (Å²) in [6.07, 6.45) is -9.30. The molecule has 2 aromatic carbocycles. The lowest BCUT2D eigenvalue weighted by molar-refractivity contribution is -0.274. The largest absolute Gasteiger partial charge is 0.573 e. The quantitative estimate of drug-likeness (QED) is 0.214. The first-order valence-electron chi connectivity index (χ1n) is 11.5. The van der Waals surface area contributed by atoms with Crippen molar-refractivity contribution in [3.8, 4) is 17.0 Å². The van der Waals surface area contributed by atoms with Crippen LogP contribution < -0.4 is 9.80 Å². The molecule has 4 aromatic rings. The number of carbonyl (C=O) groups excluding carboxylic acids is 2. The molecule has 0 aliphatic rings. The zero-order valence-corrected chi connectivity index (χ0v) is 21.0. The van der Waals surface area contributed by atoms with Gasteiger partial charge in [0.25, 0.3) is 5.91 Å². The number of benzene rings is 2. The monoisotopic (exact) mass is 566 g/mol. The lowest BCUT2D eigenvalue weighted by Gasteiger charge is -2.21. The van der Waals surface area contributed by atoms with Crippen molar-refractivity contribution in [3.63, 3.8) is 0 Å². The van der Waals surface area contributed by atoms with Gasteiger partial charge in [-0.25, -0.2) is 14.3 Å². The molecule has 0 saturated carbocycles. The number of aromatic nitrogens is 3. The smallest absolute Gasteiger partial charge is 0.406 e. The number of ether oxygens (including phenoxy) is 1. The number of nitrogens with zero attached hydrogens (tertiary/aromatic N) is 4. The standard InChI is InChI=1S/C26H20F6N4O4/c1-24(2,3)17-9-7-15(8-10-17)22(37)36(40-23(38)25(27,28)29)21-14-35-20(33-21)12-11-19(34-35)16-5-4-6-18(13-16)39-26(30,31)32/h4-14H,1-3H3. The van der Waals surface area contributed by atoms with Gasteiger partial charge in [-0.2, -0.15) is 18.3 Å². The molecule has 0 saturated heterocycles. The summed E-state index contributed by atoms with van der Waals surface area (Å²) in [5.74, 6) is -4.76. The minimum absolute atomic E-state index is 0.0328. The molecule has 0 atom stereocenters. The Balaban J connectivity index is 1.71. The summed E-state index contributed by atoms with van der Waals surface area (Å²) in [7, 11) is 0. The number of amides is 1. The summed E-state index contributed by atoms with van der Waals surface area (Å²) in [4.78, 5) is 33.3. The van der Waals surface area contributed by atoms with E-state index in [1.54, 1.807) is 12.1 Å². The molecular weight excluding hydrogens is 546 g/mol. The number of imidazole rings is 1. The molecule has 2 aromatic heterocycles. The third kappa shape index (κ3) is 6.50. The zero-order chi connectivity index (χ0) is 29.5. The van der Waals surface area contributed by atoms with E-state index in [2.05, 4.69) is 19.7 Å². The normalized spacial score (nSPS) is 12.3. The molecule has 4 rings (SSSR count). The van der Waals surface area contributed by atoms with Gasteiger partial charge in [-0.05, 0) is 47.4 Å². The van der Waals surface area contributed by atoms with Gasteiger partial charge in [0.1, 0.15) is 5.75 Å². The van der Waals surface area contributed by atoms with Gasteiger partial charge in [-0.3, -0.25) is 4.79 Å². The van der Waals surface area contributed by atoms with Crippen LogP contribution in [0.15, 0.2) is 66.9 Å². The number of halogens is 6. The van der Waals surface area contributed by atoms with E-state index in [4.69, 9.17) is 0 Å². The van der Waals surface area contributed by atoms with Gasteiger partial charge >= 0.3 is 18.5 Å². The van der Waals surface area contributed by atoms with Gasteiger partial charge in [0.2, 0.25) is 0 Å². The Labute approximate surface area is 222 Å². The maximum Gasteiger partial charge on any atom is 0.573 e. The molecule has 210 valence electrons. The van der Waals surface area contributed by atoms with E-state index in [0.717, 1.165) is 28.4 Å². The highest BCUT2D eigenvalue weighted by molar-refractivity contribution is 6.05. The van der Waals surface area contributed by atoms with Crippen molar-refractivity contribution in [2.45, 2.75) is 38.7 Å². The number of hydrogen-bond acceptors (Lipinski definition) is 6. The maximum atomic E-state index is 13.2. The van der Waals surface area contributed by atoms with Crippen LogP contribution in [-0.4, -0.2) is 39.0 Å². The summed E-state index contributed by atoms with van der Waals surface area (Å²) < 4.78 is 81.8. The maximum absolute atomic E-state index is 13.2. The number of carbonyl (C=O) groups is 2. The van der Waals surface area contributed by atoms with Crippen LogP contribution in [-0.2, 0) is 15.0 Å². The summed E-state index contributed by atoms with van der Waals surface area (Å²) in [6.45, 7) is 5.79. The SMILES string of the molecule is CC(C)(C)c1ccc(C(=O)N(OC(=O)C(F)(F)F)c2cn3nc(-c4cccc(OC(F)(F)F)c4)ccc3n2)cc1. The van der Waals surface area contributed by atoms with Gasteiger partial charge in [-0.15, -0.1) is 18.2 Å². The number of hydrogen-bond donors (Lipinski definition) is 0. The molecule has 14 heteroatoms.